The van der Waals surface area contributed by atoms with E-state index in [-0.39, 0.29) is 5.91 Å². The van der Waals surface area contributed by atoms with Gasteiger partial charge in [0.25, 0.3) is 0 Å². The van der Waals surface area contributed by atoms with Crippen LogP contribution >= 0.6 is 0 Å². The molecule has 0 bridgehead atoms. The first-order chi connectivity index (χ1) is 9.76. The molecule has 3 nitrogen and oxygen atoms in total. The second-order valence-corrected chi connectivity index (χ2v) is 5.46. The first-order valence-corrected chi connectivity index (χ1v) is 8.32. The quantitative estimate of drug-likeness (QED) is 0.389. The van der Waals surface area contributed by atoms with Gasteiger partial charge in [0.1, 0.15) is 0 Å². The lowest BCUT2D eigenvalue weighted by Gasteiger charge is -2.21. The predicted octanol–water partition coefficient (Wildman–Crippen LogP) is 3.75. The Labute approximate surface area is 125 Å². The van der Waals surface area contributed by atoms with E-state index in [2.05, 4.69) is 18.8 Å². The van der Waals surface area contributed by atoms with Gasteiger partial charge >= 0.3 is 0 Å². The van der Waals surface area contributed by atoms with E-state index in [1.807, 2.05) is 11.9 Å². The highest BCUT2D eigenvalue weighted by Crippen LogP contribution is 2.09. The van der Waals surface area contributed by atoms with Crippen LogP contribution in [0.1, 0.15) is 64.7 Å². The van der Waals surface area contributed by atoms with Gasteiger partial charge < -0.3 is 10.2 Å². The summed E-state index contributed by atoms with van der Waals surface area (Å²) in [6, 6.07) is 0. The van der Waals surface area contributed by atoms with E-state index in [1.165, 1.54) is 51.0 Å². The second kappa shape index (κ2) is 14.6. The molecule has 0 saturated heterocycles. The molecule has 0 fully saturated rings. The standard InChI is InChI=1S/C17H34N2O/c1-4-6-7-8-9-10-11-12-15-19(17(20)5-2)16-13-14-18-3/h5,18H,2,4,6-16H2,1,3H3. The van der Waals surface area contributed by atoms with Gasteiger partial charge in [-0.1, -0.05) is 58.4 Å². The minimum atomic E-state index is 0.0732. The van der Waals surface area contributed by atoms with Crippen molar-refractivity contribution in [1.29, 1.82) is 0 Å². The Morgan fingerprint density at radius 3 is 2.10 bits per heavy atom. The molecule has 0 aliphatic heterocycles. The summed E-state index contributed by atoms with van der Waals surface area (Å²) in [4.78, 5) is 13.7. The van der Waals surface area contributed by atoms with Crippen LogP contribution in [0.3, 0.4) is 0 Å². The van der Waals surface area contributed by atoms with Crippen LogP contribution in [0.5, 0.6) is 0 Å². The number of amides is 1. The summed E-state index contributed by atoms with van der Waals surface area (Å²) >= 11 is 0. The lowest BCUT2D eigenvalue weighted by atomic mass is 10.1. The van der Waals surface area contributed by atoms with Gasteiger partial charge in [-0.15, -0.1) is 0 Å². The summed E-state index contributed by atoms with van der Waals surface area (Å²) in [5, 5.41) is 3.12. The molecule has 20 heavy (non-hydrogen) atoms. The van der Waals surface area contributed by atoms with Crippen molar-refractivity contribution in [2.24, 2.45) is 0 Å². The molecular weight excluding hydrogens is 248 g/mol. The number of rotatable bonds is 14. The molecule has 0 aromatic carbocycles. The fourth-order valence-corrected chi connectivity index (χ4v) is 2.34. The SMILES string of the molecule is C=CC(=O)N(CCCCCCCCCC)CCCNC. The molecule has 0 atom stereocenters. The molecule has 0 aromatic rings. The molecule has 0 unspecified atom stereocenters. The van der Waals surface area contributed by atoms with Gasteiger partial charge in [-0.25, -0.2) is 0 Å². The summed E-state index contributed by atoms with van der Waals surface area (Å²) in [5.74, 6) is 0.0732. The molecule has 0 rings (SSSR count). The van der Waals surface area contributed by atoms with Crippen LogP contribution < -0.4 is 5.32 Å². The number of carbonyl (C=O) groups is 1. The smallest absolute Gasteiger partial charge is 0.245 e. The van der Waals surface area contributed by atoms with Crippen LogP contribution in [0.4, 0.5) is 0 Å². The highest BCUT2D eigenvalue weighted by Gasteiger charge is 2.08. The van der Waals surface area contributed by atoms with Crippen molar-refractivity contribution in [2.45, 2.75) is 64.7 Å². The molecule has 0 saturated carbocycles. The summed E-state index contributed by atoms with van der Waals surface area (Å²) in [5.41, 5.74) is 0. The van der Waals surface area contributed by atoms with E-state index < -0.39 is 0 Å². The third kappa shape index (κ3) is 11.0. The summed E-state index contributed by atoms with van der Waals surface area (Å²) in [7, 11) is 1.94. The monoisotopic (exact) mass is 282 g/mol. The van der Waals surface area contributed by atoms with Crippen molar-refractivity contribution in [3.05, 3.63) is 12.7 Å². The van der Waals surface area contributed by atoms with Crippen molar-refractivity contribution in [2.75, 3.05) is 26.7 Å². The van der Waals surface area contributed by atoms with Crippen LogP contribution in [0.25, 0.3) is 0 Å². The maximum atomic E-state index is 11.7. The van der Waals surface area contributed by atoms with Crippen molar-refractivity contribution in [1.82, 2.24) is 10.2 Å². The number of hydrogen-bond donors (Lipinski definition) is 1. The Bertz CT molecular complexity index is 241. The number of unbranched alkanes of at least 4 members (excludes halogenated alkanes) is 7. The second-order valence-electron chi connectivity index (χ2n) is 5.46. The average molecular weight is 282 g/mol. The molecule has 0 aliphatic rings. The Morgan fingerprint density at radius 1 is 1.00 bits per heavy atom. The highest BCUT2D eigenvalue weighted by atomic mass is 16.2. The predicted molar refractivity (Wildman–Crippen MR) is 87.9 cm³/mol. The van der Waals surface area contributed by atoms with E-state index in [9.17, 15) is 4.79 Å². The zero-order valence-electron chi connectivity index (χ0n) is 13.6. The van der Waals surface area contributed by atoms with Gasteiger partial charge in [0.05, 0.1) is 0 Å². The van der Waals surface area contributed by atoms with Gasteiger partial charge in [0, 0.05) is 13.1 Å². The maximum absolute atomic E-state index is 11.7. The third-order valence-corrected chi connectivity index (χ3v) is 3.62. The molecule has 0 aliphatic carbocycles. The van der Waals surface area contributed by atoms with E-state index in [0.29, 0.717) is 0 Å². The maximum Gasteiger partial charge on any atom is 0.245 e. The molecule has 0 radical (unpaired) electrons. The van der Waals surface area contributed by atoms with Gasteiger partial charge in [0.15, 0.2) is 0 Å². The van der Waals surface area contributed by atoms with Crippen molar-refractivity contribution < 1.29 is 4.79 Å². The Morgan fingerprint density at radius 2 is 1.55 bits per heavy atom. The molecule has 0 spiro atoms. The lowest BCUT2D eigenvalue weighted by molar-refractivity contribution is -0.126. The van der Waals surface area contributed by atoms with Crippen LogP contribution in [0, 0.1) is 0 Å². The van der Waals surface area contributed by atoms with Gasteiger partial charge in [0.2, 0.25) is 5.91 Å². The Balaban J connectivity index is 3.63. The minimum absolute atomic E-state index is 0.0732. The first-order valence-electron chi connectivity index (χ1n) is 8.32. The van der Waals surface area contributed by atoms with Crippen molar-refractivity contribution >= 4 is 5.91 Å². The summed E-state index contributed by atoms with van der Waals surface area (Å²) in [6.07, 6.45) is 12.9. The lowest BCUT2D eigenvalue weighted by Crippen LogP contribution is -2.32. The van der Waals surface area contributed by atoms with Gasteiger partial charge in [-0.2, -0.15) is 0 Å². The largest absolute Gasteiger partial charge is 0.339 e. The number of nitrogens with one attached hydrogen (secondary N) is 1. The van der Waals surface area contributed by atoms with E-state index in [0.717, 1.165) is 32.5 Å². The van der Waals surface area contributed by atoms with E-state index in [1.54, 1.807) is 0 Å². The van der Waals surface area contributed by atoms with E-state index in [4.69, 9.17) is 0 Å². The fourth-order valence-electron chi connectivity index (χ4n) is 2.34. The van der Waals surface area contributed by atoms with Crippen LogP contribution in [0.15, 0.2) is 12.7 Å². The number of nitrogens with zero attached hydrogens (tertiary/aromatic N) is 1. The summed E-state index contributed by atoms with van der Waals surface area (Å²) < 4.78 is 0. The van der Waals surface area contributed by atoms with Crippen LogP contribution in [0.2, 0.25) is 0 Å². The zero-order valence-corrected chi connectivity index (χ0v) is 13.6. The van der Waals surface area contributed by atoms with Crippen molar-refractivity contribution in [3.8, 4) is 0 Å². The zero-order chi connectivity index (χ0) is 15.1. The van der Waals surface area contributed by atoms with Crippen LogP contribution in [-0.4, -0.2) is 37.5 Å². The number of carbonyl (C=O) groups excluding carboxylic acids is 1. The number of hydrogen-bond acceptors (Lipinski definition) is 2. The van der Waals surface area contributed by atoms with Gasteiger partial charge in [-0.05, 0) is 32.5 Å². The summed E-state index contributed by atoms with van der Waals surface area (Å²) in [6.45, 7) is 8.51. The molecular formula is C17H34N2O. The molecule has 0 heterocycles. The highest BCUT2D eigenvalue weighted by molar-refractivity contribution is 5.86. The molecule has 1 N–H and O–H groups in total. The van der Waals surface area contributed by atoms with E-state index >= 15 is 0 Å². The first kappa shape index (κ1) is 19.2. The molecule has 118 valence electrons. The molecule has 3 heteroatoms. The van der Waals surface area contributed by atoms with Gasteiger partial charge in [-0.3, -0.25) is 4.79 Å². The molecule has 1 amide bonds. The van der Waals surface area contributed by atoms with Crippen LogP contribution in [-0.2, 0) is 4.79 Å². The Hall–Kier alpha value is -0.830. The minimum Gasteiger partial charge on any atom is -0.339 e. The third-order valence-electron chi connectivity index (χ3n) is 3.62. The Kier molecular flexibility index (Phi) is 14.0. The topological polar surface area (TPSA) is 32.3 Å². The fraction of sp³-hybridized carbons (Fsp3) is 0.824. The normalized spacial score (nSPS) is 10.5. The molecule has 0 aromatic heterocycles. The average Bonchev–Trinajstić information content (AvgIpc) is 2.47. The van der Waals surface area contributed by atoms with Crippen molar-refractivity contribution in [3.63, 3.8) is 0 Å².